The SMILES string of the molecule is COOP(=O)(Oc1ccccc1)OC12CC3CC(CC(C3)C1)C2. The van der Waals surface area contributed by atoms with Gasteiger partial charge in [-0.3, -0.25) is 4.52 Å². The number of rotatable bonds is 6. The number of phosphoric acid groups is 1. The molecule has 23 heavy (non-hydrogen) atoms. The Morgan fingerprint density at radius 2 is 1.57 bits per heavy atom. The van der Waals surface area contributed by atoms with E-state index in [0.717, 1.165) is 19.3 Å². The molecule has 126 valence electrons. The van der Waals surface area contributed by atoms with Crippen molar-refractivity contribution in [2.75, 3.05) is 7.11 Å². The Kier molecular flexibility index (Phi) is 4.01. The molecule has 0 aromatic heterocycles. The normalized spacial score (nSPS) is 37.5. The summed E-state index contributed by atoms with van der Waals surface area (Å²) in [5, 5.41) is 0. The fourth-order valence-corrected chi connectivity index (χ4v) is 6.49. The third kappa shape index (κ3) is 3.20. The van der Waals surface area contributed by atoms with Crippen molar-refractivity contribution in [2.24, 2.45) is 17.8 Å². The predicted octanol–water partition coefficient (Wildman–Crippen LogP) is 4.74. The molecule has 1 atom stereocenters. The van der Waals surface area contributed by atoms with Crippen LogP contribution in [0.3, 0.4) is 0 Å². The second kappa shape index (κ2) is 5.89. The van der Waals surface area contributed by atoms with E-state index in [1.165, 1.54) is 26.4 Å². The minimum absolute atomic E-state index is 0.377. The van der Waals surface area contributed by atoms with Gasteiger partial charge in [0.2, 0.25) is 0 Å². The number of para-hydroxylation sites is 1. The average molecular weight is 338 g/mol. The van der Waals surface area contributed by atoms with Crippen LogP contribution in [0, 0.1) is 17.8 Å². The van der Waals surface area contributed by atoms with E-state index in [1.54, 1.807) is 12.1 Å². The molecule has 5 rings (SSSR count). The molecule has 1 aromatic carbocycles. The van der Waals surface area contributed by atoms with Crippen molar-refractivity contribution in [1.29, 1.82) is 0 Å². The number of hydrogen-bond acceptors (Lipinski definition) is 5. The summed E-state index contributed by atoms with van der Waals surface area (Å²) in [6.07, 6.45) is 6.73. The molecule has 0 spiro atoms. The molecule has 1 aromatic rings. The van der Waals surface area contributed by atoms with Gasteiger partial charge in [0.05, 0.1) is 12.7 Å². The van der Waals surface area contributed by atoms with E-state index < -0.39 is 7.82 Å². The Labute approximate surface area is 136 Å². The lowest BCUT2D eigenvalue weighted by Gasteiger charge is -2.56. The van der Waals surface area contributed by atoms with E-state index >= 15 is 0 Å². The quantitative estimate of drug-likeness (QED) is 0.426. The van der Waals surface area contributed by atoms with Gasteiger partial charge in [-0.15, -0.1) is 4.67 Å². The van der Waals surface area contributed by atoms with Crippen LogP contribution in [0.5, 0.6) is 5.75 Å². The molecule has 0 N–H and O–H groups in total. The van der Waals surface area contributed by atoms with Gasteiger partial charge in [-0.1, -0.05) is 18.2 Å². The van der Waals surface area contributed by atoms with Gasteiger partial charge in [0.1, 0.15) is 5.75 Å². The van der Waals surface area contributed by atoms with Crippen molar-refractivity contribution in [2.45, 2.75) is 44.1 Å². The first-order valence-corrected chi connectivity index (χ1v) is 9.82. The second-order valence-corrected chi connectivity index (χ2v) is 8.69. The van der Waals surface area contributed by atoms with E-state index in [-0.39, 0.29) is 5.60 Å². The van der Waals surface area contributed by atoms with Crippen LogP contribution in [-0.2, 0) is 18.7 Å². The van der Waals surface area contributed by atoms with Gasteiger partial charge >= 0.3 is 7.82 Å². The molecule has 5 nitrogen and oxygen atoms in total. The van der Waals surface area contributed by atoms with Crippen LogP contribution in [0.1, 0.15) is 38.5 Å². The number of phosphoric ester groups is 1. The number of hydrogen-bond donors (Lipinski definition) is 0. The molecule has 4 aliphatic rings. The zero-order valence-corrected chi connectivity index (χ0v) is 14.2. The maximum atomic E-state index is 13.1. The second-order valence-electron chi connectivity index (χ2n) is 7.28. The molecule has 4 fully saturated rings. The van der Waals surface area contributed by atoms with E-state index in [4.69, 9.17) is 13.7 Å². The average Bonchev–Trinajstić information content (AvgIpc) is 2.45. The van der Waals surface area contributed by atoms with Crippen LogP contribution in [0.15, 0.2) is 30.3 Å². The zero-order valence-electron chi connectivity index (χ0n) is 13.3. The van der Waals surface area contributed by atoms with Crippen molar-refractivity contribution in [1.82, 2.24) is 0 Å². The highest BCUT2D eigenvalue weighted by Crippen LogP contribution is 2.63. The Morgan fingerprint density at radius 3 is 2.09 bits per heavy atom. The van der Waals surface area contributed by atoms with Gasteiger partial charge in [0, 0.05) is 0 Å². The fourth-order valence-electron chi connectivity index (χ4n) is 5.13. The monoisotopic (exact) mass is 338 g/mol. The largest absolute Gasteiger partial charge is 0.558 e. The summed E-state index contributed by atoms with van der Waals surface area (Å²) in [5.41, 5.74) is -0.377. The summed E-state index contributed by atoms with van der Waals surface area (Å²) in [7, 11) is -2.49. The zero-order chi connectivity index (χ0) is 15.9. The number of benzene rings is 1. The van der Waals surface area contributed by atoms with Gasteiger partial charge in [-0.05, 0) is 68.4 Å². The van der Waals surface area contributed by atoms with Gasteiger partial charge < -0.3 is 4.52 Å². The smallest absolute Gasteiger partial charge is 0.403 e. The molecular weight excluding hydrogens is 315 g/mol. The standard InChI is InChI=1S/C17H23O5P/c1-19-22-23(18,20-16-5-3-2-4-6-16)21-17-10-13-7-14(11-17)9-15(8-13)12-17/h2-6,13-15H,7-12H2,1H3. The molecule has 0 heterocycles. The summed E-state index contributed by atoms with van der Waals surface area (Å²) in [6, 6.07) is 8.97. The van der Waals surface area contributed by atoms with E-state index in [1.807, 2.05) is 18.2 Å². The fraction of sp³-hybridized carbons (Fsp3) is 0.647. The van der Waals surface area contributed by atoms with Crippen molar-refractivity contribution >= 4 is 7.82 Å². The highest BCUT2D eigenvalue weighted by atomic mass is 31.2. The Bertz CT molecular complexity index is 567. The molecule has 0 radical (unpaired) electrons. The van der Waals surface area contributed by atoms with E-state index in [9.17, 15) is 4.57 Å². The third-order valence-electron chi connectivity index (χ3n) is 5.41. The van der Waals surface area contributed by atoms with Gasteiger partial charge in [-0.25, -0.2) is 9.45 Å². The summed E-state index contributed by atoms with van der Waals surface area (Å²) < 4.78 is 29.7. The summed E-state index contributed by atoms with van der Waals surface area (Å²) in [4.78, 5) is 4.68. The molecular formula is C17H23O5P. The highest BCUT2D eigenvalue weighted by molar-refractivity contribution is 7.48. The predicted molar refractivity (Wildman–Crippen MR) is 84.8 cm³/mol. The van der Waals surface area contributed by atoms with Crippen LogP contribution in [0.25, 0.3) is 0 Å². The molecule has 4 bridgehead atoms. The topological polar surface area (TPSA) is 54.0 Å². The van der Waals surface area contributed by atoms with Crippen LogP contribution >= 0.6 is 7.82 Å². The Hall–Kier alpha value is -0.870. The maximum Gasteiger partial charge on any atom is 0.558 e. The first-order chi connectivity index (χ1) is 11.1. The summed E-state index contributed by atoms with van der Waals surface area (Å²) in [5.74, 6) is 2.52. The third-order valence-corrected chi connectivity index (χ3v) is 6.79. The van der Waals surface area contributed by atoms with Crippen molar-refractivity contribution in [3.05, 3.63) is 30.3 Å². The minimum atomic E-state index is -3.81. The lowest BCUT2D eigenvalue weighted by Crippen LogP contribution is -2.51. The maximum absolute atomic E-state index is 13.1. The molecule has 0 aliphatic heterocycles. The van der Waals surface area contributed by atoms with Crippen molar-refractivity contribution in [3.63, 3.8) is 0 Å². The van der Waals surface area contributed by atoms with Crippen molar-refractivity contribution < 1.29 is 23.2 Å². The molecule has 4 aliphatic carbocycles. The first kappa shape index (κ1) is 15.6. The summed E-state index contributed by atoms with van der Waals surface area (Å²) in [6.45, 7) is 0. The first-order valence-electron chi connectivity index (χ1n) is 8.36. The van der Waals surface area contributed by atoms with Crippen LogP contribution < -0.4 is 4.52 Å². The molecule has 1 unspecified atom stereocenters. The van der Waals surface area contributed by atoms with Gasteiger partial charge in [0.15, 0.2) is 0 Å². The van der Waals surface area contributed by atoms with Crippen LogP contribution in [0.4, 0.5) is 0 Å². The van der Waals surface area contributed by atoms with E-state index in [0.29, 0.717) is 23.5 Å². The minimum Gasteiger partial charge on any atom is -0.403 e. The van der Waals surface area contributed by atoms with Gasteiger partial charge in [0.25, 0.3) is 0 Å². The molecule has 6 heteroatoms. The Balaban J connectivity index is 1.55. The van der Waals surface area contributed by atoms with Crippen molar-refractivity contribution in [3.8, 4) is 5.75 Å². The lowest BCUT2D eigenvalue weighted by molar-refractivity contribution is -0.213. The molecule has 0 amide bonds. The molecule has 0 saturated heterocycles. The Morgan fingerprint density at radius 1 is 1.00 bits per heavy atom. The van der Waals surface area contributed by atoms with E-state index in [2.05, 4.69) is 4.89 Å². The lowest BCUT2D eigenvalue weighted by atomic mass is 9.54. The van der Waals surface area contributed by atoms with Crippen LogP contribution in [0.2, 0.25) is 0 Å². The van der Waals surface area contributed by atoms with Gasteiger partial charge in [-0.2, -0.15) is 0 Å². The summed E-state index contributed by atoms with van der Waals surface area (Å²) >= 11 is 0. The molecule has 4 saturated carbocycles. The van der Waals surface area contributed by atoms with Crippen LogP contribution in [-0.4, -0.2) is 12.7 Å². The highest BCUT2D eigenvalue weighted by Gasteiger charge is 2.55.